The van der Waals surface area contributed by atoms with Crippen LogP contribution in [0.2, 0.25) is 0 Å². The first-order valence-electron chi connectivity index (χ1n) is 7.94. The minimum Gasteiger partial charge on any atom is -0.343 e. The average molecular weight is 316 g/mol. The van der Waals surface area contributed by atoms with Crippen LogP contribution < -0.4 is 5.32 Å². The second-order valence-corrected chi connectivity index (χ2v) is 9.10. The van der Waals surface area contributed by atoms with Gasteiger partial charge in [-0.25, -0.2) is 8.42 Å². The van der Waals surface area contributed by atoms with Crippen molar-refractivity contribution in [3.05, 3.63) is 0 Å². The third kappa shape index (κ3) is 5.25. The Morgan fingerprint density at radius 1 is 1.29 bits per heavy atom. The van der Waals surface area contributed by atoms with Gasteiger partial charge < -0.3 is 10.2 Å². The van der Waals surface area contributed by atoms with Crippen LogP contribution in [0.15, 0.2) is 0 Å². The molecule has 0 aromatic rings. The molecule has 1 N–H and O–H groups in total. The first-order valence-corrected chi connectivity index (χ1v) is 10.00. The molecule has 6 heteroatoms. The average Bonchev–Trinajstić information content (AvgIpc) is 3.13. The summed E-state index contributed by atoms with van der Waals surface area (Å²) < 4.78 is 22.9. The lowest BCUT2D eigenvalue weighted by Crippen LogP contribution is -2.40. The predicted molar refractivity (Wildman–Crippen MR) is 83.8 cm³/mol. The number of nitrogens with one attached hydrogen (secondary N) is 1. The summed E-state index contributed by atoms with van der Waals surface area (Å²) in [4.78, 5) is 14.3. The molecule has 1 saturated heterocycles. The number of carbonyl (C=O) groups is 1. The van der Waals surface area contributed by atoms with E-state index in [-0.39, 0.29) is 17.1 Å². The van der Waals surface area contributed by atoms with Crippen molar-refractivity contribution in [2.45, 2.75) is 38.5 Å². The lowest BCUT2D eigenvalue weighted by atomic mass is 9.93. The van der Waals surface area contributed by atoms with Crippen molar-refractivity contribution in [2.75, 3.05) is 38.7 Å². The number of amides is 1. The summed E-state index contributed by atoms with van der Waals surface area (Å²) >= 11 is 0. The van der Waals surface area contributed by atoms with E-state index >= 15 is 0 Å². The molecule has 0 aromatic carbocycles. The van der Waals surface area contributed by atoms with E-state index in [1.54, 1.807) is 0 Å². The molecule has 1 amide bonds. The van der Waals surface area contributed by atoms with Gasteiger partial charge in [0.2, 0.25) is 5.91 Å². The van der Waals surface area contributed by atoms with Crippen molar-refractivity contribution in [2.24, 2.45) is 11.3 Å². The van der Waals surface area contributed by atoms with Gasteiger partial charge in [-0.1, -0.05) is 0 Å². The summed E-state index contributed by atoms with van der Waals surface area (Å²) in [5, 5.41) is 3.17. The van der Waals surface area contributed by atoms with E-state index in [9.17, 15) is 13.2 Å². The third-order valence-corrected chi connectivity index (χ3v) is 5.96. The zero-order valence-electron chi connectivity index (χ0n) is 13.2. The Morgan fingerprint density at radius 2 is 1.90 bits per heavy atom. The summed E-state index contributed by atoms with van der Waals surface area (Å²) in [5.74, 6) is 1.04. The maximum Gasteiger partial charge on any atom is 0.223 e. The Kier molecular flexibility index (Phi) is 5.30. The van der Waals surface area contributed by atoms with E-state index in [1.165, 1.54) is 12.7 Å². The Balaban J connectivity index is 1.78. The molecule has 0 spiro atoms. The standard InChI is InChI=1S/C15H28N2O3S/c1-16-8-3-13-4-9-17(10-5-13)14(18)11-15(6-7-15)12-21(2,19)20/h13,16H,3-12H2,1-2H3. The van der Waals surface area contributed by atoms with E-state index < -0.39 is 9.84 Å². The highest BCUT2D eigenvalue weighted by molar-refractivity contribution is 7.90. The number of carbonyl (C=O) groups excluding carboxylic acids is 1. The fourth-order valence-corrected chi connectivity index (χ4v) is 4.86. The molecule has 5 nitrogen and oxygen atoms in total. The van der Waals surface area contributed by atoms with Crippen molar-refractivity contribution < 1.29 is 13.2 Å². The molecule has 21 heavy (non-hydrogen) atoms. The fraction of sp³-hybridized carbons (Fsp3) is 0.933. The van der Waals surface area contributed by atoms with E-state index in [0.717, 1.165) is 45.3 Å². The van der Waals surface area contributed by atoms with Crippen molar-refractivity contribution in [3.8, 4) is 0 Å². The Hall–Kier alpha value is -0.620. The second-order valence-electron chi connectivity index (χ2n) is 6.96. The lowest BCUT2D eigenvalue weighted by Gasteiger charge is -2.33. The number of hydrogen-bond acceptors (Lipinski definition) is 4. The van der Waals surface area contributed by atoms with E-state index in [2.05, 4.69) is 5.32 Å². The number of likely N-dealkylation sites (tertiary alicyclic amines) is 1. The van der Waals surface area contributed by atoms with Crippen LogP contribution in [0, 0.1) is 11.3 Å². The molecule has 2 rings (SSSR count). The van der Waals surface area contributed by atoms with Crippen LogP contribution in [-0.2, 0) is 14.6 Å². The fourth-order valence-electron chi connectivity index (χ4n) is 3.36. The zero-order valence-corrected chi connectivity index (χ0v) is 14.0. The summed E-state index contributed by atoms with van der Waals surface area (Å²) in [5.41, 5.74) is -0.242. The minimum absolute atomic E-state index is 0.156. The molecule has 1 aliphatic carbocycles. The zero-order chi connectivity index (χ0) is 15.5. The second kappa shape index (κ2) is 6.65. The van der Waals surface area contributed by atoms with Gasteiger partial charge in [0.1, 0.15) is 9.84 Å². The van der Waals surface area contributed by atoms with Crippen LogP contribution in [0.25, 0.3) is 0 Å². The van der Waals surface area contributed by atoms with Crippen LogP contribution in [0.5, 0.6) is 0 Å². The predicted octanol–water partition coefficient (Wildman–Crippen LogP) is 1.05. The minimum atomic E-state index is -2.99. The monoisotopic (exact) mass is 316 g/mol. The van der Waals surface area contributed by atoms with E-state index in [1.807, 2.05) is 11.9 Å². The van der Waals surface area contributed by atoms with Gasteiger partial charge in [0, 0.05) is 25.8 Å². The first-order chi connectivity index (χ1) is 9.84. The maximum absolute atomic E-state index is 12.4. The van der Waals surface area contributed by atoms with Gasteiger partial charge in [-0.15, -0.1) is 0 Å². The number of nitrogens with zero attached hydrogens (tertiary/aromatic N) is 1. The molecule has 0 atom stereocenters. The normalized spacial score (nSPS) is 22.3. The van der Waals surface area contributed by atoms with Gasteiger partial charge >= 0.3 is 0 Å². The smallest absolute Gasteiger partial charge is 0.223 e. The SMILES string of the molecule is CNCCC1CCN(C(=O)CC2(CS(C)(=O)=O)CC2)CC1. The Bertz CT molecular complexity index is 463. The van der Waals surface area contributed by atoms with Gasteiger partial charge in [0.15, 0.2) is 0 Å². The number of hydrogen-bond donors (Lipinski definition) is 1. The number of rotatable bonds is 7. The van der Waals surface area contributed by atoms with Crippen LogP contribution in [0.1, 0.15) is 38.5 Å². The van der Waals surface area contributed by atoms with E-state index in [0.29, 0.717) is 12.3 Å². The molecule has 2 aliphatic rings. The highest BCUT2D eigenvalue weighted by Gasteiger charge is 2.47. The summed E-state index contributed by atoms with van der Waals surface area (Å²) in [6.07, 6.45) is 6.77. The van der Waals surface area contributed by atoms with Gasteiger partial charge in [0.05, 0.1) is 5.75 Å². The lowest BCUT2D eigenvalue weighted by molar-refractivity contribution is -0.133. The number of piperidine rings is 1. The summed E-state index contributed by atoms with van der Waals surface area (Å²) in [6, 6.07) is 0. The summed E-state index contributed by atoms with van der Waals surface area (Å²) in [6.45, 7) is 2.71. The highest BCUT2D eigenvalue weighted by atomic mass is 32.2. The molecule has 0 bridgehead atoms. The molecule has 1 heterocycles. The molecule has 1 aliphatic heterocycles. The van der Waals surface area contributed by atoms with Crippen molar-refractivity contribution >= 4 is 15.7 Å². The van der Waals surface area contributed by atoms with Gasteiger partial charge in [-0.05, 0) is 57.0 Å². The third-order valence-electron chi connectivity index (χ3n) is 4.82. The van der Waals surface area contributed by atoms with Crippen LogP contribution in [-0.4, -0.2) is 57.9 Å². The quantitative estimate of drug-likeness (QED) is 0.762. The highest BCUT2D eigenvalue weighted by Crippen LogP contribution is 2.50. The van der Waals surface area contributed by atoms with Gasteiger partial charge in [-0.2, -0.15) is 0 Å². The Labute approximate surface area is 128 Å². The molecular formula is C15H28N2O3S. The number of sulfone groups is 1. The first kappa shape index (κ1) is 16.7. The molecule has 0 radical (unpaired) electrons. The topological polar surface area (TPSA) is 66.5 Å². The van der Waals surface area contributed by atoms with Gasteiger partial charge in [-0.3, -0.25) is 4.79 Å². The molecule has 0 unspecified atom stereocenters. The van der Waals surface area contributed by atoms with Crippen LogP contribution in [0.4, 0.5) is 0 Å². The largest absolute Gasteiger partial charge is 0.343 e. The maximum atomic E-state index is 12.4. The Morgan fingerprint density at radius 3 is 2.38 bits per heavy atom. The van der Waals surface area contributed by atoms with Crippen LogP contribution in [0.3, 0.4) is 0 Å². The van der Waals surface area contributed by atoms with Crippen molar-refractivity contribution in [1.82, 2.24) is 10.2 Å². The molecule has 1 saturated carbocycles. The van der Waals surface area contributed by atoms with Crippen molar-refractivity contribution in [3.63, 3.8) is 0 Å². The summed E-state index contributed by atoms with van der Waals surface area (Å²) in [7, 11) is -1.02. The molecular weight excluding hydrogens is 288 g/mol. The molecule has 0 aromatic heterocycles. The molecule has 2 fully saturated rings. The molecule has 122 valence electrons. The van der Waals surface area contributed by atoms with Crippen molar-refractivity contribution in [1.29, 1.82) is 0 Å². The van der Waals surface area contributed by atoms with Crippen LogP contribution >= 0.6 is 0 Å². The van der Waals surface area contributed by atoms with E-state index in [4.69, 9.17) is 0 Å². The van der Waals surface area contributed by atoms with Gasteiger partial charge in [0.25, 0.3) is 0 Å².